The minimum Gasteiger partial charge on any atom is -0.497 e. The molecular formula is C15H18O2. The Morgan fingerprint density at radius 1 is 0.647 bits per heavy atom. The summed E-state index contributed by atoms with van der Waals surface area (Å²) in [6, 6.07) is 17.2. The number of ether oxygens (including phenoxy) is 2. The summed E-state index contributed by atoms with van der Waals surface area (Å²) in [5.74, 6) is 2.47. The van der Waals surface area contributed by atoms with Crippen LogP contribution in [0.25, 0.3) is 0 Å². The molecule has 0 heterocycles. The van der Waals surface area contributed by atoms with Crippen LogP contribution >= 0.6 is 0 Å². The molecule has 0 unspecified atom stereocenters. The van der Waals surface area contributed by atoms with E-state index in [0.29, 0.717) is 0 Å². The van der Waals surface area contributed by atoms with Crippen LogP contribution in [0.4, 0.5) is 0 Å². The lowest BCUT2D eigenvalue weighted by Crippen LogP contribution is -1.85. The lowest BCUT2D eigenvalue weighted by atomic mass is 10.3. The fraction of sp³-hybridized carbons (Fsp3) is 0.200. The van der Waals surface area contributed by atoms with Crippen molar-refractivity contribution < 1.29 is 9.47 Å². The predicted octanol–water partition coefficient (Wildman–Crippen LogP) is 4.51. The van der Waals surface area contributed by atoms with Crippen molar-refractivity contribution in [2.75, 3.05) is 7.11 Å². The molecule has 0 aliphatic rings. The van der Waals surface area contributed by atoms with E-state index in [0.717, 1.165) is 17.2 Å². The second-order valence-corrected chi connectivity index (χ2v) is 3.09. The van der Waals surface area contributed by atoms with Crippen LogP contribution in [0.15, 0.2) is 54.6 Å². The monoisotopic (exact) mass is 230 g/mol. The second-order valence-electron chi connectivity index (χ2n) is 3.09. The van der Waals surface area contributed by atoms with Gasteiger partial charge in [-0.1, -0.05) is 32.0 Å². The van der Waals surface area contributed by atoms with Crippen molar-refractivity contribution in [3.8, 4) is 17.2 Å². The minimum atomic E-state index is 0.807. The van der Waals surface area contributed by atoms with Crippen molar-refractivity contribution in [2.45, 2.75) is 13.8 Å². The molecule has 0 aromatic heterocycles. The summed E-state index contributed by atoms with van der Waals surface area (Å²) in [6.07, 6.45) is 0. The van der Waals surface area contributed by atoms with Crippen molar-refractivity contribution in [2.24, 2.45) is 0 Å². The van der Waals surface area contributed by atoms with Crippen LogP contribution in [-0.2, 0) is 0 Å². The maximum absolute atomic E-state index is 5.62. The van der Waals surface area contributed by atoms with Crippen LogP contribution in [-0.4, -0.2) is 7.11 Å². The molecule has 2 nitrogen and oxygen atoms in total. The van der Waals surface area contributed by atoms with E-state index in [1.54, 1.807) is 7.11 Å². The van der Waals surface area contributed by atoms with Crippen molar-refractivity contribution in [1.29, 1.82) is 0 Å². The Hall–Kier alpha value is -1.96. The average Bonchev–Trinajstić information content (AvgIpc) is 2.43. The summed E-state index contributed by atoms with van der Waals surface area (Å²) in [7, 11) is 1.65. The van der Waals surface area contributed by atoms with Crippen LogP contribution in [0.5, 0.6) is 17.2 Å². The Kier molecular flexibility index (Phi) is 5.66. The third-order valence-electron chi connectivity index (χ3n) is 2.04. The van der Waals surface area contributed by atoms with Crippen molar-refractivity contribution in [1.82, 2.24) is 0 Å². The molecule has 17 heavy (non-hydrogen) atoms. The third kappa shape index (κ3) is 4.19. The molecule has 0 aliphatic carbocycles. The fourth-order valence-electron chi connectivity index (χ4n) is 1.27. The Morgan fingerprint density at radius 3 is 1.65 bits per heavy atom. The third-order valence-corrected chi connectivity index (χ3v) is 2.04. The van der Waals surface area contributed by atoms with Gasteiger partial charge in [0, 0.05) is 0 Å². The van der Waals surface area contributed by atoms with Gasteiger partial charge in [0.2, 0.25) is 0 Å². The first-order valence-electron chi connectivity index (χ1n) is 5.75. The van der Waals surface area contributed by atoms with Gasteiger partial charge in [-0.25, -0.2) is 0 Å². The highest BCUT2D eigenvalue weighted by Gasteiger charge is 1.96. The summed E-state index contributed by atoms with van der Waals surface area (Å²) in [4.78, 5) is 0. The molecule has 0 saturated carbocycles. The van der Waals surface area contributed by atoms with Gasteiger partial charge in [-0.05, 0) is 36.4 Å². The molecule has 0 amide bonds. The molecule has 0 saturated heterocycles. The maximum Gasteiger partial charge on any atom is 0.127 e. The second kappa shape index (κ2) is 7.34. The van der Waals surface area contributed by atoms with E-state index in [4.69, 9.17) is 9.47 Å². The fourth-order valence-corrected chi connectivity index (χ4v) is 1.27. The van der Waals surface area contributed by atoms with Crippen LogP contribution in [0.1, 0.15) is 13.8 Å². The summed E-state index contributed by atoms with van der Waals surface area (Å²) in [5, 5.41) is 0. The Morgan fingerprint density at radius 2 is 1.12 bits per heavy atom. The number of hydrogen-bond acceptors (Lipinski definition) is 2. The molecule has 2 aromatic carbocycles. The van der Waals surface area contributed by atoms with E-state index in [2.05, 4.69) is 0 Å². The molecule has 2 aromatic rings. The highest BCUT2D eigenvalue weighted by Crippen LogP contribution is 2.23. The SMILES string of the molecule is CC.COc1ccc(Oc2ccccc2)cc1. The van der Waals surface area contributed by atoms with Gasteiger partial charge in [-0.3, -0.25) is 0 Å². The van der Waals surface area contributed by atoms with Gasteiger partial charge in [0.1, 0.15) is 17.2 Å². The van der Waals surface area contributed by atoms with Gasteiger partial charge in [0.25, 0.3) is 0 Å². The number of para-hydroxylation sites is 1. The number of benzene rings is 2. The summed E-state index contributed by atoms with van der Waals surface area (Å²) < 4.78 is 10.7. The van der Waals surface area contributed by atoms with Crippen LogP contribution < -0.4 is 9.47 Å². The van der Waals surface area contributed by atoms with Gasteiger partial charge in [0.05, 0.1) is 7.11 Å². The zero-order valence-corrected chi connectivity index (χ0v) is 10.5. The molecule has 2 rings (SSSR count). The maximum atomic E-state index is 5.62. The van der Waals surface area contributed by atoms with E-state index in [-0.39, 0.29) is 0 Å². The smallest absolute Gasteiger partial charge is 0.127 e. The topological polar surface area (TPSA) is 18.5 Å². The van der Waals surface area contributed by atoms with Crippen LogP contribution in [0, 0.1) is 0 Å². The van der Waals surface area contributed by atoms with E-state index >= 15 is 0 Å². The molecule has 0 atom stereocenters. The van der Waals surface area contributed by atoms with Crippen LogP contribution in [0.2, 0.25) is 0 Å². The summed E-state index contributed by atoms with van der Waals surface area (Å²) in [6.45, 7) is 4.00. The van der Waals surface area contributed by atoms with Gasteiger partial charge in [0.15, 0.2) is 0 Å². The first-order valence-corrected chi connectivity index (χ1v) is 5.75. The molecule has 0 N–H and O–H groups in total. The van der Waals surface area contributed by atoms with Gasteiger partial charge >= 0.3 is 0 Å². The van der Waals surface area contributed by atoms with Crippen molar-refractivity contribution in [3.63, 3.8) is 0 Å². The quantitative estimate of drug-likeness (QED) is 0.772. The minimum absolute atomic E-state index is 0.807. The zero-order valence-electron chi connectivity index (χ0n) is 10.5. The standard InChI is InChI=1S/C13H12O2.C2H6/c1-14-11-7-9-13(10-8-11)15-12-5-3-2-4-6-12;1-2/h2-10H,1H3;1-2H3. The largest absolute Gasteiger partial charge is 0.497 e. The highest BCUT2D eigenvalue weighted by atomic mass is 16.5. The van der Waals surface area contributed by atoms with E-state index in [1.165, 1.54) is 0 Å². The van der Waals surface area contributed by atoms with Gasteiger partial charge in [-0.15, -0.1) is 0 Å². The molecule has 0 spiro atoms. The van der Waals surface area contributed by atoms with Gasteiger partial charge < -0.3 is 9.47 Å². The number of methoxy groups -OCH3 is 1. The molecule has 0 bridgehead atoms. The zero-order chi connectivity index (χ0) is 12.5. The predicted molar refractivity (Wildman–Crippen MR) is 70.9 cm³/mol. The van der Waals surface area contributed by atoms with Crippen LogP contribution in [0.3, 0.4) is 0 Å². The van der Waals surface area contributed by atoms with Gasteiger partial charge in [-0.2, -0.15) is 0 Å². The highest BCUT2D eigenvalue weighted by molar-refractivity contribution is 5.35. The Bertz CT molecular complexity index is 407. The first kappa shape index (κ1) is 13.1. The lowest BCUT2D eigenvalue weighted by Gasteiger charge is -2.05. The van der Waals surface area contributed by atoms with Crippen molar-refractivity contribution >= 4 is 0 Å². The molecule has 0 radical (unpaired) electrons. The molecule has 0 aliphatic heterocycles. The van der Waals surface area contributed by atoms with Crippen molar-refractivity contribution in [3.05, 3.63) is 54.6 Å². The van der Waals surface area contributed by atoms with E-state index in [1.807, 2.05) is 68.4 Å². The molecule has 90 valence electrons. The number of rotatable bonds is 3. The molecular weight excluding hydrogens is 212 g/mol. The summed E-state index contributed by atoms with van der Waals surface area (Å²) >= 11 is 0. The molecule has 2 heteroatoms. The number of hydrogen-bond donors (Lipinski definition) is 0. The normalized spacial score (nSPS) is 8.88. The lowest BCUT2D eigenvalue weighted by molar-refractivity contribution is 0.413. The van der Waals surface area contributed by atoms with E-state index < -0.39 is 0 Å². The molecule has 0 fully saturated rings. The van der Waals surface area contributed by atoms with E-state index in [9.17, 15) is 0 Å². The average molecular weight is 230 g/mol. The Labute approximate surface area is 103 Å². The first-order chi connectivity index (χ1) is 8.38. The summed E-state index contributed by atoms with van der Waals surface area (Å²) in [5.41, 5.74) is 0. The Balaban J connectivity index is 0.000000686.